The van der Waals surface area contributed by atoms with Crippen molar-refractivity contribution in [3.05, 3.63) is 46.7 Å². The molecule has 0 amide bonds. The van der Waals surface area contributed by atoms with E-state index in [1.807, 2.05) is 0 Å². The van der Waals surface area contributed by atoms with Crippen LogP contribution in [0.5, 0.6) is 0 Å². The topological polar surface area (TPSA) is 85.1 Å². The summed E-state index contributed by atoms with van der Waals surface area (Å²) in [5.41, 5.74) is 7.62. The van der Waals surface area contributed by atoms with Gasteiger partial charge in [-0.2, -0.15) is 0 Å². The van der Waals surface area contributed by atoms with Crippen LogP contribution in [0.1, 0.15) is 11.1 Å². The van der Waals surface area contributed by atoms with Gasteiger partial charge in [0.15, 0.2) is 0 Å². The second kappa shape index (κ2) is 5.30. The molecule has 0 radical (unpaired) electrons. The molecule has 3 N–H and O–H groups in total. The van der Waals surface area contributed by atoms with Crippen molar-refractivity contribution in [2.75, 3.05) is 10.5 Å². The standard InChI is InChI=1S/C13H14ClN3O2S/c1-8-3-4-9(2)13(12(8)15)20(18,19)17-11-7-16-6-5-10(11)14/h3-7,17H,15H2,1-2H3. The molecule has 2 aromatic rings. The Morgan fingerprint density at radius 1 is 1.20 bits per heavy atom. The minimum atomic E-state index is -3.82. The lowest BCUT2D eigenvalue weighted by molar-refractivity contribution is 0.601. The van der Waals surface area contributed by atoms with Gasteiger partial charge in [-0.15, -0.1) is 0 Å². The molecule has 7 heteroatoms. The summed E-state index contributed by atoms with van der Waals surface area (Å²) in [6.07, 6.45) is 2.83. The van der Waals surface area contributed by atoms with Crippen molar-refractivity contribution in [2.45, 2.75) is 18.7 Å². The van der Waals surface area contributed by atoms with Gasteiger partial charge < -0.3 is 5.73 Å². The van der Waals surface area contributed by atoms with Crippen molar-refractivity contribution in [3.63, 3.8) is 0 Å². The number of benzene rings is 1. The molecule has 0 atom stereocenters. The lowest BCUT2D eigenvalue weighted by Gasteiger charge is -2.14. The number of nitrogen functional groups attached to an aromatic ring is 1. The first kappa shape index (κ1) is 14.6. The Balaban J connectivity index is 2.52. The van der Waals surface area contributed by atoms with Crippen LogP contribution in [0.2, 0.25) is 5.02 Å². The first-order valence-corrected chi connectivity index (χ1v) is 7.67. The van der Waals surface area contributed by atoms with Crippen LogP contribution in [0.4, 0.5) is 11.4 Å². The second-order valence-electron chi connectivity index (χ2n) is 4.40. The average Bonchev–Trinajstić information content (AvgIpc) is 2.37. The third-order valence-corrected chi connectivity index (χ3v) is 4.79. The number of nitrogens with two attached hydrogens (primary N) is 1. The van der Waals surface area contributed by atoms with E-state index in [1.165, 1.54) is 18.5 Å². The first-order chi connectivity index (χ1) is 9.33. The zero-order chi connectivity index (χ0) is 14.9. The average molecular weight is 312 g/mol. The highest BCUT2D eigenvalue weighted by atomic mass is 35.5. The van der Waals surface area contributed by atoms with E-state index in [2.05, 4.69) is 9.71 Å². The van der Waals surface area contributed by atoms with E-state index in [0.717, 1.165) is 0 Å². The minimum absolute atomic E-state index is 0.0671. The first-order valence-electron chi connectivity index (χ1n) is 5.81. The Labute approximate surface area is 122 Å². The molecule has 0 aliphatic rings. The third kappa shape index (κ3) is 2.71. The number of rotatable bonds is 3. The molecule has 0 bridgehead atoms. The maximum absolute atomic E-state index is 12.5. The van der Waals surface area contributed by atoms with E-state index < -0.39 is 10.0 Å². The van der Waals surface area contributed by atoms with E-state index >= 15 is 0 Å². The molecule has 0 saturated heterocycles. The van der Waals surface area contributed by atoms with E-state index in [9.17, 15) is 8.42 Å². The highest BCUT2D eigenvalue weighted by Crippen LogP contribution is 2.29. The minimum Gasteiger partial charge on any atom is -0.397 e. The SMILES string of the molecule is Cc1ccc(C)c(S(=O)(=O)Nc2cnccc2Cl)c1N. The molecule has 20 heavy (non-hydrogen) atoms. The maximum Gasteiger partial charge on any atom is 0.264 e. The summed E-state index contributed by atoms with van der Waals surface area (Å²) in [5, 5.41) is 0.271. The highest BCUT2D eigenvalue weighted by molar-refractivity contribution is 7.93. The van der Waals surface area contributed by atoms with Crippen LogP contribution < -0.4 is 10.5 Å². The fourth-order valence-electron chi connectivity index (χ4n) is 1.81. The number of hydrogen-bond donors (Lipinski definition) is 2. The van der Waals surface area contributed by atoms with E-state index in [-0.39, 0.29) is 21.3 Å². The number of halogens is 1. The van der Waals surface area contributed by atoms with E-state index in [4.69, 9.17) is 17.3 Å². The summed E-state index contributed by atoms with van der Waals surface area (Å²) < 4.78 is 27.3. The fourth-order valence-corrected chi connectivity index (χ4v) is 3.52. The Morgan fingerprint density at radius 2 is 1.85 bits per heavy atom. The van der Waals surface area contributed by atoms with Crippen LogP contribution >= 0.6 is 11.6 Å². The normalized spacial score (nSPS) is 11.3. The smallest absolute Gasteiger partial charge is 0.264 e. The molecule has 1 aromatic heterocycles. The quantitative estimate of drug-likeness (QED) is 0.853. The van der Waals surface area contributed by atoms with Gasteiger partial charge in [0.05, 0.1) is 22.6 Å². The number of hydrogen-bond acceptors (Lipinski definition) is 4. The molecule has 0 fully saturated rings. The summed E-state index contributed by atoms with van der Waals surface area (Å²) in [7, 11) is -3.82. The molecular formula is C13H14ClN3O2S. The zero-order valence-electron chi connectivity index (χ0n) is 11.0. The van der Waals surface area contributed by atoms with Gasteiger partial charge in [0.2, 0.25) is 0 Å². The molecule has 0 aliphatic heterocycles. The van der Waals surface area contributed by atoms with Crippen molar-refractivity contribution in [3.8, 4) is 0 Å². The van der Waals surface area contributed by atoms with Crippen molar-refractivity contribution < 1.29 is 8.42 Å². The van der Waals surface area contributed by atoms with Gasteiger partial charge in [-0.1, -0.05) is 23.7 Å². The Morgan fingerprint density at radius 3 is 2.50 bits per heavy atom. The highest BCUT2D eigenvalue weighted by Gasteiger charge is 2.22. The Bertz CT molecular complexity index is 760. The number of sulfonamides is 1. The van der Waals surface area contributed by atoms with Crippen LogP contribution in [0.3, 0.4) is 0 Å². The predicted molar refractivity (Wildman–Crippen MR) is 80.4 cm³/mol. The fraction of sp³-hybridized carbons (Fsp3) is 0.154. The number of aryl methyl sites for hydroxylation is 2. The molecule has 0 saturated carbocycles. The Hall–Kier alpha value is -1.79. The molecule has 0 unspecified atom stereocenters. The van der Waals surface area contributed by atoms with Crippen molar-refractivity contribution >= 4 is 33.0 Å². The van der Waals surface area contributed by atoms with Crippen molar-refractivity contribution in [1.82, 2.24) is 4.98 Å². The van der Waals surface area contributed by atoms with Gasteiger partial charge in [0.25, 0.3) is 10.0 Å². The van der Waals surface area contributed by atoms with Crippen LogP contribution in [0, 0.1) is 13.8 Å². The summed E-state index contributed by atoms with van der Waals surface area (Å²) in [6, 6.07) is 5.00. The molecular weight excluding hydrogens is 298 g/mol. The van der Waals surface area contributed by atoms with E-state index in [1.54, 1.807) is 26.0 Å². The van der Waals surface area contributed by atoms with Gasteiger partial charge >= 0.3 is 0 Å². The molecule has 1 heterocycles. The number of nitrogens with one attached hydrogen (secondary N) is 1. The summed E-state index contributed by atoms with van der Waals surface area (Å²) >= 11 is 5.93. The number of anilines is 2. The van der Waals surface area contributed by atoms with Crippen LogP contribution in [-0.2, 0) is 10.0 Å². The monoisotopic (exact) mass is 311 g/mol. The lowest BCUT2D eigenvalue weighted by atomic mass is 10.1. The van der Waals surface area contributed by atoms with Crippen molar-refractivity contribution in [2.24, 2.45) is 0 Å². The summed E-state index contributed by atoms with van der Waals surface area (Å²) in [4.78, 5) is 3.91. The lowest BCUT2D eigenvalue weighted by Crippen LogP contribution is -2.17. The van der Waals surface area contributed by atoms with Crippen LogP contribution in [-0.4, -0.2) is 13.4 Å². The van der Waals surface area contributed by atoms with Crippen LogP contribution in [0.25, 0.3) is 0 Å². The van der Waals surface area contributed by atoms with Gasteiger partial charge in [-0.3, -0.25) is 9.71 Å². The molecule has 1 aromatic carbocycles. The molecule has 5 nitrogen and oxygen atoms in total. The number of aromatic nitrogens is 1. The van der Waals surface area contributed by atoms with Crippen LogP contribution in [0.15, 0.2) is 35.5 Å². The largest absolute Gasteiger partial charge is 0.397 e. The number of nitrogens with zero attached hydrogens (tertiary/aromatic N) is 1. The van der Waals surface area contributed by atoms with Crippen molar-refractivity contribution in [1.29, 1.82) is 0 Å². The maximum atomic E-state index is 12.5. The molecule has 0 spiro atoms. The molecule has 106 valence electrons. The van der Waals surface area contributed by atoms with Gasteiger partial charge in [-0.25, -0.2) is 8.42 Å². The predicted octanol–water partition coefficient (Wildman–Crippen LogP) is 2.73. The van der Waals surface area contributed by atoms with E-state index in [0.29, 0.717) is 11.1 Å². The molecule has 0 aliphatic carbocycles. The van der Waals surface area contributed by atoms with Gasteiger partial charge in [0, 0.05) is 6.20 Å². The number of pyridine rings is 1. The second-order valence-corrected chi connectivity index (χ2v) is 6.43. The zero-order valence-corrected chi connectivity index (χ0v) is 12.6. The Kier molecular flexibility index (Phi) is 3.87. The third-order valence-electron chi connectivity index (χ3n) is 2.89. The van der Waals surface area contributed by atoms with Gasteiger partial charge in [-0.05, 0) is 31.0 Å². The summed E-state index contributed by atoms with van der Waals surface area (Å²) in [5.74, 6) is 0. The molecule has 2 rings (SSSR count). The summed E-state index contributed by atoms with van der Waals surface area (Å²) in [6.45, 7) is 3.44. The van der Waals surface area contributed by atoms with Gasteiger partial charge in [0.1, 0.15) is 4.90 Å².